The first-order valence-corrected chi connectivity index (χ1v) is 12.0. The molecule has 2 aromatic rings. The lowest BCUT2D eigenvalue weighted by molar-refractivity contribution is -0.384. The first-order valence-electron chi connectivity index (χ1n) is 12.0. The summed E-state index contributed by atoms with van der Waals surface area (Å²) in [5, 5.41) is 11.9. The molecule has 0 radical (unpaired) electrons. The second-order valence-electron chi connectivity index (χ2n) is 9.46. The third-order valence-corrected chi connectivity index (χ3v) is 7.41. The number of nitro groups is 1. The maximum atomic E-state index is 13.1. The predicted octanol–water partition coefficient (Wildman–Crippen LogP) is 4.62. The molecule has 2 atom stereocenters. The molecule has 0 bridgehead atoms. The summed E-state index contributed by atoms with van der Waals surface area (Å²) in [7, 11) is 0. The number of nitrogens with zero attached hydrogens (tertiary/aromatic N) is 4. The van der Waals surface area contributed by atoms with E-state index in [1.54, 1.807) is 23.1 Å². The van der Waals surface area contributed by atoms with Crippen LogP contribution in [0.2, 0.25) is 0 Å². The van der Waals surface area contributed by atoms with Gasteiger partial charge in [0.15, 0.2) is 0 Å². The van der Waals surface area contributed by atoms with Crippen LogP contribution in [-0.4, -0.2) is 42.9 Å². The predicted molar refractivity (Wildman–Crippen MR) is 127 cm³/mol. The van der Waals surface area contributed by atoms with Crippen LogP contribution in [0.15, 0.2) is 42.5 Å². The fourth-order valence-electron chi connectivity index (χ4n) is 5.57. The summed E-state index contributed by atoms with van der Waals surface area (Å²) in [6, 6.07) is 9.51. The molecule has 2 aromatic carbocycles. The molecule has 2 aliphatic heterocycles. The number of hydrogen-bond donors (Lipinski definition) is 0. The van der Waals surface area contributed by atoms with Crippen LogP contribution in [0.1, 0.15) is 31.2 Å². The Morgan fingerprint density at radius 1 is 0.833 bits per heavy atom. The first-order chi connectivity index (χ1) is 17.1. The number of hydrogen-bond acceptors (Lipinski definition) is 6. The SMILES string of the molecule is O=C1[C@H]2CCCC[C@H]2C(=O)N1c1ccc(N2CCN(c3cccc(C(F)(F)F)c3)CC2)c([N+](=O)[O-])c1. The Morgan fingerprint density at radius 2 is 1.44 bits per heavy atom. The molecule has 36 heavy (non-hydrogen) atoms. The molecule has 0 unspecified atom stereocenters. The Balaban J connectivity index is 1.35. The van der Waals surface area contributed by atoms with E-state index in [1.165, 1.54) is 12.1 Å². The number of nitro benzene ring substituents is 1. The molecule has 0 aromatic heterocycles. The molecule has 5 rings (SSSR count). The van der Waals surface area contributed by atoms with Crippen LogP contribution in [0, 0.1) is 22.0 Å². The lowest BCUT2D eigenvalue weighted by Gasteiger charge is -2.37. The van der Waals surface area contributed by atoms with Gasteiger partial charge in [-0.1, -0.05) is 18.9 Å². The molecule has 8 nitrogen and oxygen atoms in total. The van der Waals surface area contributed by atoms with Crippen molar-refractivity contribution in [2.45, 2.75) is 31.9 Å². The fraction of sp³-hybridized carbons (Fsp3) is 0.440. The van der Waals surface area contributed by atoms with Crippen molar-refractivity contribution >= 4 is 34.6 Å². The van der Waals surface area contributed by atoms with Gasteiger partial charge < -0.3 is 9.80 Å². The number of piperazine rings is 1. The van der Waals surface area contributed by atoms with Gasteiger partial charge in [0, 0.05) is 37.9 Å². The van der Waals surface area contributed by atoms with Gasteiger partial charge in [0.25, 0.3) is 5.69 Å². The summed E-state index contributed by atoms with van der Waals surface area (Å²) < 4.78 is 39.2. The van der Waals surface area contributed by atoms with Crippen molar-refractivity contribution < 1.29 is 27.7 Å². The molecular weight excluding hydrogens is 477 g/mol. The van der Waals surface area contributed by atoms with Gasteiger partial charge in [0.05, 0.1) is 28.0 Å². The summed E-state index contributed by atoms with van der Waals surface area (Å²) >= 11 is 0. The van der Waals surface area contributed by atoms with Crippen molar-refractivity contribution in [1.29, 1.82) is 0 Å². The average molecular weight is 502 g/mol. The second-order valence-corrected chi connectivity index (χ2v) is 9.46. The van der Waals surface area contributed by atoms with Crippen LogP contribution < -0.4 is 14.7 Å². The normalized spacial score (nSPS) is 22.7. The minimum Gasteiger partial charge on any atom is -0.368 e. The van der Waals surface area contributed by atoms with Crippen LogP contribution in [-0.2, 0) is 15.8 Å². The highest BCUT2D eigenvalue weighted by Gasteiger charge is 2.49. The number of alkyl halides is 3. The Morgan fingerprint density at radius 3 is 2.03 bits per heavy atom. The van der Waals surface area contributed by atoms with Gasteiger partial charge in [0.2, 0.25) is 11.8 Å². The number of rotatable bonds is 4. The minimum absolute atomic E-state index is 0.206. The zero-order valence-corrected chi connectivity index (χ0v) is 19.4. The second kappa shape index (κ2) is 9.11. The number of imide groups is 1. The number of benzene rings is 2. The van der Waals surface area contributed by atoms with Crippen LogP contribution in [0.25, 0.3) is 0 Å². The van der Waals surface area contributed by atoms with Gasteiger partial charge in [-0.2, -0.15) is 13.2 Å². The topological polar surface area (TPSA) is 87.0 Å². The Bertz CT molecular complexity index is 1190. The van der Waals surface area contributed by atoms with Crippen molar-refractivity contribution in [1.82, 2.24) is 0 Å². The number of halogens is 3. The van der Waals surface area contributed by atoms with Crippen molar-refractivity contribution in [3.05, 3.63) is 58.1 Å². The molecule has 0 N–H and O–H groups in total. The highest BCUT2D eigenvalue weighted by atomic mass is 19.4. The molecule has 1 saturated carbocycles. The molecule has 2 amide bonds. The van der Waals surface area contributed by atoms with E-state index in [-0.39, 0.29) is 35.0 Å². The standard InChI is InChI=1S/C25H25F3N4O4/c26-25(27,28)16-4-3-5-17(14-16)29-10-12-30(13-11-29)21-9-8-18(15-22(21)32(35)36)31-23(33)19-6-1-2-7-20(19)24(31)34/h3-5,8-9,14-15,19-20H,1-2,6-7,10-13H2/t19-,20+. The molecular formula is C25H25F3N4O4. The van der Waals surface area contributed by atoms with Crippen LogP contribution in [0.4, 0.5) is 35.9 Å². The van der Waals surface area contributed by atoms with Crippen LogP contribution in [0.3, 0.4) is 0 Å². The van der Waals surface area contributed by atoms with Gasteiger partial charge in [0.1, 0.15) is 5.69 Å². The van der Waals surface area contributed by atoms with E-state index in [9.17, 15) is 32.9 Å². The summed E-state index contributed by atoms with van der Waals surface area (Å²) in [4.78, 5) is 42.0. The first kappa shape index (κ1) is 24.1. The van der Waals surface area contributed by atoms with E-state index >= 15 is 0 Å². The molecule has 2 heterocycles. The van der Waals surface area contributed by atoms with E-state index in [0.717, 1.165) is 29.9 Å². The molecule has 3 aliphatic rings. The summed E-state index contributed by atoms with van der Waals surface area (Å²) in [5.41, 5.74) is 0.0678. The number of carbonyl (C=O) groups excluding carboxylic acids is 2. The summed E-state index contributed by atoms with van der Waals surface area (Å²) in [6.45, 7) is 1.49. The van der Waals surface area contributed by atoms with Crippen LogP contribution in [0.5, 0.6) is 0 Å². The van der Waals surface area contributed by atoms with Crippen molar-refractivity contribution in [2.75, 3.05) is 40.9 Å². The Labute approximate surface area is 205 Å². The van der Waals surface area contributed by atoms with Crippen molar-refractivity contribution in [2.24, 2.45) is 11.8 Å². The van der Waals surface area contributed by atoms with Crippen LogP contribution >= 0.6 is 0 Å². The lowest BCUT2D eigenvalue weighted by Crippen LogP contribution is -2.46. The minimum atomic E-state index is -4.43. The van der Waals surface area contributed by atoms with E-state index in [0.29, 0.717) is 50.4 Å². The molecule has 190 valence electrons. The maximum Gasteiger partial charge on any atom is 0.416 e. The largest absolute Gasteiger partial charge is 0.416 e. The number of anilines is 3. The monoisotopic (exact) mass is 502 g/mol. The highest BCUT2D eigenvalue weighted by Crippen LogP contribution is 2.42. The Kier molecular flexibility index (Phi) is 6.09. The van der Waals surface area contributed by atoms with E-state index < -0.39 is 16.7 Å². The third kappa shape index (κ3) is 4.27. The quantitative estimate of drug-likeness (QED) is 0.345. The van der Waals surface area contributed by atoms with Gasteiger partial charge >= 0.3 is 6.18 Å². The maximum absolute atomic E-state index is 13.1. The molecule has 1 aliphatic carbocycles. The molecule has 3 fully saturated rings. The van der Waals surface area contributed by atoms with Gasteiger partial charge in [-0.05, 0) is 43.2 Å². The average Bonchev–Trinajstić information content (AvgIpc) is 3.13. The molecule has 0 spiro atoms. The highest BCUT2D eigenvalue weighted by molar-refractivity contribution is 6.22. The van der Waals surface area contributed by atoms with Gasteiger partial charge in [-0.25, -0.2) is 4.90 Å². The fourth-order valence-corrected chi connectivity index (χ4v) is 5.57. The van der Waals surface area contributed by atoms with Crippen molar-refractivity contribution in [3.8, 4) is 0 Å². The molecule has 11 heteroatoms. The smallest absolute Gasteiger partial charge is 0.368 e. The number of amides is 2. The molecule has 2 saturated heterocycles. The third-order valence-electron chi connectivity index (χ3n) is 7.41. The summed E-state index contributed by atoms with van der Waals surface area (Å²) in [5.74, 6) is -1.29. The van der Waals surface area contributed by atoms with Crippen molar-refractivity contribution in [3.63, 3.8) is 0 Å². The van der Waals surface area contributed by atoms with E-state index in [2.05, 4.69) is 0 Å². The van der Waals surface area contributed by atoms with E-state index in [4.69, 9.17) is 0 Å². The zero-order valence-electron chi connectivity index (χ0n) is 19.4. The lowest BCUT2D eigenvalue weighted by atomic mass is 9.81. The number of carbonyl (C=O) groups is 2. The van der Waals surface area contributed by atoms with Gasteiger partial charge in [-0.15, -0.1) is 0 Å². The summed E-state index contributed by atoms with van der Waals surface area (Å²) in [6.07, 6.45) is -1.35. The van der Waals surface area contributed by atoms with E-state index in [1.807, 2.05) is 4.90 Å². The number of fused-ring (bicyclic) bond motifs is 1. The van der Waals surface area contributed by atoms with Gasteiger partial charge in [-0.3, -0.25) is 19.7 Å². The Hall–Kier alpha value is -3.63. The zero-order chi connectivity index (χ0) is 25.6.